The minimum absolute atomic E-state index is 0.0359. The second-order valence-electron chi connectivity index (χ2n) is 4.45. The summed E-state index contributed by atoms with van der Waals surface area (Å²) in [4.78, 5) is 12.3. The highest BCUT2D eigenvalue weighted by Crippen LogP contribution is 2.25. The quantitative estimate of drug-likeness (QED) is 0.779. The zero-order chi connectivity index (χ0) is 15.5. The first-order valence-corrected chi connectivity index (χ1v) is 7.86. The van der Waals surface area contributed by atoms with E-state index in [0.29, 0.717) is 6.07 Å². The molecule has 0 aliphatic heterocycles. The summed E-state index contributed by atoms with van der Waals surface area (Å²) in [7, 11) is -4.34. The third kappa shape index (κ3) is 4.50. The summed E-state index contributed by atoms with van der Waals surface area (Å²) in [6.45, 7) is 3.56. The van der Waals surface area contributed by atoms with Crippen LogP contribution in [0.1, 0.15) is 20.3 Å². The van der Waals surface area contributed by atoms with E-state index in [0.717, 1.165) is 6.07 Å². The van der Waals surface area contributed by atoms with Gasteiger partial charge in [0.1, 0.15) is 16.5 Å². The van der Waals surface area contributed by atoms with Crippen LogP contribution in [0.5, 0.6) is 0 Å². The lowest BCUT2D eigenvalue weighted by atomic mass is 10.1. The van der Waals surface area contributed by atoms with Gasteiger partial charge in [0.25, 0.3) is 10.0 Å². The van der Waals surface area contributed by atoms with E-state index in [1.165, 1.54) is 0 Å². The number of nitrogens with one attached hydrogen (secondary N) is 2. The van der Waals surface area contributed by atoms with Crippen LogP contribution in [0.25, 0.3) is 0 Å². The van der Waals surface area contributed by atoms with Crippen molar-refractivity contribution in [1.29, 1.82) is 0 Å². The molecule has 0 saturated carbocycles. The van der Waals surface area contributed by atoms with Gasteiger partial charge in [-0.2, -0.15) is 0 Å². The highest BCUT2D eigenvalue weighted by atomic mass is 79.9. The van der Waals surface area contributed by atoms with E-state index in [9.17, 15) is 22.0 Å². The molecule has 2 N–H and O–H groups in total. The van der Waals surface area contributed by atoms with E-state index in [1.807, 2.05) is 5.43 Å². The normalized spacial score (nSPS) is 11.7. The summed E-state index contributed by atoms with van der Waals surface area (Å²) in [6, 6.07) is 1.25. The van der Waals surface area contributed by atoms with Crippen molar-refractivity contribution < 1.29 is 22.0 Å². The van der Waals surface area contributed by atoms with Crippen molar-refractivity contribution in [3.8, 4) is 0 Å². The first-order valence-electron chi connectivity index (χ1n) is 5.58. The van der Waals surface area contributed by atoms with Crippen LogP contribution in [-0.4, -0.2) is 14.3 Å². The molecular formula is C11H13BrF2N2O3S. The molecule has 1 rings (SSSR count). The Morgan fingerprint density at radius 1 is 1.35 bits per heavy atom. The molecule has 0 radical (unpaired) electrons. The Morgan fingerprint density at radius 2 is 1.95 bits per heavy atom. The molecule has 0 aromatic heterocycles. The van der Waals surface area contributed by atoms with E-state index in [4.69, 9.17) is 0 Å². The number of benzene rings is 1. The van der Waals surface area contributed by atoms with Crippen LogP contribution in [0, 0.1) is 17.6 Å². The Kier molecular flexibility index (Phi) is 5.60. The van der Waals surface area contributed by atoms with E-state index < -0.39 is 32.5 Å². The Morgan fingerprint density at radius 3 is 2.45 bits per heavy atom. The molecule has 0 fully saturated rings. The topological polar surface area (TPSA) is 75.3 Å². The summed E-state index contributed by atoms with van der Waals surface area (Å²) in [5, 5.41) is 0. The van der Waals surface area contributed by atoms with Gasteiger partial charge in [-0.05, 0) is 27.9 Å². The van der Waals surface area contributed by atoms with Gasteiger partial charge in [0, 0.05) is 17.0 Å². The molecule has 1 aromatic carbocycles. The lowest BCUT2D eigenvalue weighted by Gasteiger charge is -2.11. The van der Waals surface area contributed by atoms with Crippen LogP contribution < -0.4 is 10.3 Å². The zero-order valence-corrected chi connectivity index (χ0v) is 13.1. The summed E-state index contributed by atoms with van der Waals surface area (Å²) in [5.74, 6) is -2.70. The fraction of sp³-hybridized carbons (Fsp3) is 0.364. The van der Waals surface area contributed by atoms with Crippen LogP contribution >= 0.6 is 15.9 Å². The number of rotatable bonds is 5. The molecule has 0 saturated heterocycles. The molecule has 1 amide bonds. The molecule has 20 heavy (non-hydrogen) atoms. The predicted molar refractivity (Wildman–Crippen MR) is 72.0 cm³/mol. The van der Waals surface area contributed by atoms with Gasteiger partial charge in [-0.1, -0.05) is 13.8 Å². The summed E-state index contributed by atoms with van der Waals surface area (Å²) < 4.78 is 49.9. The van der Waals surface area contributed by atoms with Crippen LogP contribution in [-0.2, 0) is 14.8 Å². The van der Waals surface area contributed by atoms with Gasteiger partial charge < -0.3 is 0 Å². The third-order valence-electron chi connectivity index (χ3n) is 2.15. The molecule has 0 aliphatic carbocycles. The lowest BCUT2D eigenvalue weighted by molar-refractivity contribution is -0.122. The second-order valence-corrected chi connectivity index (χ2v) is 6.92. The van der Waals surface area contributed by atoms with E-state index in [2.05, 4.69) is 15.9 Å². The van der Waals surface area contributed by atoms with Gasteiger partial charge >= 0.3 is 0 Å². The lowest BCUT2D eigenvalue weighted by Crippen LogP contribution is -2.42. The van der Waals surface area contributed by atoms with Gasteiger partial charge in [0.2, 0.25) is 5.91 Å². The number of sulfonamides is 1. The number of carbonyl (C=O) groups excluding carboxylic acids is 1. The summed E-state index contributed by atoms with van der Waals surface area (Å²) >= 11 is 2.77. The van der Waals surface area contributed by atoms with Crippen LogP contribution in [0.3, 0.4) is 0 Å². The molecule has 1 aromatic rings. The van der Waals surface area contributed by atoms with Gasteiger partial charge in [-0.25, -0.2) is 17.2 Å². The fourth-order valence-electron chi connectivity index (χ4n) is 1.38. The van der Waals surface area contributed by atoms with Gasteiger partial charge in [-0.3, -0.25) is 10.2 Å². The molecule has 0 spiro atoms. The van der Waals surface area contributed by atoms with Crippen molar-refractivity contribution in [2.24, 2.45) is 5.92 Å². The Hall–Kier alpha value is -1.06. The molecule has 112 valence electrons. The zero-order valence-electron chi connectivity index (χ0n) is 10.7. The number of amides is 1. The van der Waals surface area contributed by atoms with Gasteiger partial charge in [0.05, 0.1) is 0 Å². The van der Waals surface area contributed by atoms with Gasteiger partial charge in [-0.15, -0.1) is 4.83 Å². The summed E-state index contributed by atoms with van der Waals surface area (Å²) in [6.07, 6.45) is 0.107. The smallest absolute Gasteiger partial charge is 0.261 e. The number of hydrazine groups is 1. The number of carbonyl (C=O) groups is 1. The SMILES string of the molecule is CC(C)CC(=O)NNS(=O)(=O)c1c(F)cc(F)cc1Br. The highest BCUT2D eigenvalue weighted by molar-refractivity contribution is 9.10. The number of halogens is 3. The average molecular weight is 371 g/mol. The third-order valence-corrected chi connectivity index (χ3v) is 4.36. The minimum Gasteiger partial charge on any atom is -0.278 e. The Balaban J connectivity index is 2.93. The van der Waals surface area contributed by atoms with Crippen molar-refractivity contribution in [3.63, 3.8) is 0 Å². The van der Waals surface area contributed by atoms with Gasteiger partial charge in [0.15, 0.2) is 0 Å². The van der Waals surface area contributed by atoms with Crippen molar-refractivity contribution in [3.05, 3.63) is 28.2 Å². The van der Waals surface area contributed by atoms with Crippen LogP contribution in [0.15, 0.2) is 21.5 Å². The maximum atomic E-state index is 13.5. The molecule has 0 heterocycles. The van der Waals surface area contributed by atoms with Crippen molar-refractivity contribution >= 4 is 31.9 Å². The van der Waals surface area contributed by atoms with Crippen molar-refractivity contribution in [2.45, 2.75) is 25.2 Å². The van der Waals surface area contributed by atoms with E-state index >= 15 is 0 Å². The maximum absolute atomic E-state index is 13.5. The Labute approximate surface area is 123 Å². The molecular weight excluding hydrogens is 358 g/mol. The highest BCUT2D eigenvalue weighted by Gasteiger charge is 2.24. The fourth-order valence-corrected chi connectivity index (χ4v) is 3.41. The number of hydrogen-bond donors (Lipinski definition) is 2. The van der Waals surface area contributed by atoms with Crippen molar-refractivity contribution in [1.82, 2.24) is 10.3 Å². The maximum Gasteiger partial charge on any atom is 0.261 e. The minimum atomic E-state index is -4.34. The molecule has 0 unspecified atom stereocenters. The van der Waals surface area contributed by atoms with E-state index in [1.54, 1.807) is 18.7 Å². The average Bonchev–Trinajstić information content (AvgIpc) is 2.23. The first-order chi connectivity index (χ1) is 9.13. The van der Waals surface area contributed by atoms with Crippen LogP contribution in [0.2, 0.25) is 0 Å². The monoisotopic (exact) mass is 370 g/mol. The van der Waals surface area contributed by atoms with Crippen molar-refractivity contribution in [2.75, 3.05) is 0 Å². The predicted octanol–water partition coefficient (Wildman–Crippen LogP) is 2.08. The summed E-state index contributed by atoms with van der Waals surface area (Å²) in [5.41, 5.74) is 1.96. The molecule has 5 nitrogen and oxygen atoms in total. The second kappa shape index (κ2) is 6.59. The molecule has 0 bridgehead atoms. The first kappa shape index (κ1) is 17.0. The standard InChI is InChI=1S/C11H13BrF2N2O3S/c1-6(2)3-10(17)15-16-20(18,19)11-8(12)4-7(13)5-9(11)14/h4-6,16H,3H2,1-2H3,(H,15,17). The molecule has 9 heteroatoms. The molecule has 0 atom stereocenters. The molecule has 0 aliphatic rings. The largest absolute Gasteiger partial charge is 0.278 e. The number of hydrogen-bond acceptors (Lipinski definition) is 3. The van der Waals surface area contributed by atoms with E-state index in [-0.39, 0.29) is 16.8 Å². The van der Waals surface area contributed by atoms with Crippen LogP contribution in [0.4, 0.5) is 8.78 Å². The Bertz CT molecular complexity index is 597.